The Hall–Kier alpha value is -8.93. The highest BCUT2D eigenvalue weighted by atomic mass is 16.6. The number of rotatable bonds is 7. The normalized spacial score (nSPS) is 12.8. The molecule has 1 aliphatic carbocycles. The van der Waals surface area contributed by atoms with Gasteiger partial charge >= 0.3 is 0 Å². The minimum atomic E-state index is -0.543. The van der Waals surface area contributed by atoms with E-state index in [1.54, 1.807) is 0 Å². The zero-order valence-corrected chi connectivity index (χ0v) is 36.2. The Balaban J connectivity index is 0.876. The van der Waals surface area contributed by atoms with Crippen molar-refractivity contribution in [3.63, 3.8) is 0 Å². The van der Waals surface area contributed by atoms with Crippen LogP contribution in [0.4, 0.5) is 0 Å². The van der Waals surface area contributed by atoms with Crippen molar-refractivity contribution >= 4 is 10.8 Å². The predicted molar refractivity (Wildman–Crippen MR) is 268 cm³/mol. The van der Waals surface area contributed by atoms with E-state index < -0.39 is 5.41 Å². The van der Waals surface area contributed by atoms with Crippen LogP contribution in [0, 0.1) is 0 Å². The Morgan fingerprint density at radius 3 is 1.49 bits per heavy atom. The second-order valence-corrected chi connectivity index (χ2v) is 17.0. The van der Waals surface area contributed by atoms with E-state index in [0.29, 0.717) is 34.7 Å². The molecule has 10 aromatic carbocycles. The van der Waals surface area contributed by atoms with Gasteiger partial charge in [-0.2, -0.15) is 0 Å². The molecular weight excluding hydrogens is 819 g/mol. The van der Waals surface area contributed by atoms with Crippen LogP contribution >= 0.6 is 0 Å². The van der Waals surface area contributed by atoms with Gasteiger partial charge in [0.2, 0.25) is 0 Å². The molecule has 13 rings (SSSR count). The lowest BCUT2D eigenvalue weighted by molar-refractivity contribution is 0.360. The van der Waals surface area contributed by atoms with Gasteiger partial charge in [-0.1, -0.05) is 212 Å². The highest BCUT2D eigenvalue weighted by molar-refractivity contribution is 6.04. The molecule has 0 fully saturated rings. The SMILES string of the molecule is c1ccc(-c2nc(-c3ccc(-c4ccc5c(c4)Oc4c(ccc6c4-c4ccccc4C6(c4ccccc4)c4ccccc4)O5)cc3)nc(-c3ccc(-c4ccccc4)c4ccccc34)n2)cc1. The second kappa shape index (κ2) is 15.7. The number of hydrogen-bond acceptors (Lipinski definition) is 5. The van der Waals surface area contributed by atoms with Crippen molar-refractivity contribution in [2.75, 3.05) is 0 Å². The maximum atomic E-state index is 7.02. The fourth-order valence-corrected chi connectivity index (χ4v) is 10.3. The molecule has 0 amide bonds. The number of aromatic nitrogens is 3. The van der Waals surface area contributed by atoms with Gasteiger partial charge in [-0.15, -0.1) is 0 Å². The number of nitrogens with zero attached hydrogens (tertiary/aromatic N) is 3. The number of benzene rings is 10. The van der Waals surface area contributed by atoms with Crippen LogP contribution in [-0.4, -0.2) is 15.0 Å². The average molecular weight is 858 g/mol. The molecule has 5 heteroatoms. The molecular formula is C62H39N3O2. The van der Waals surface area contributed by atoms with Crippen molar-refractivity contribution in [3.05, 3.63) is 259 Å². The van der Waals surface area contributed by atoms with Gasteiger partial charge in [0.1, 0.15) is 0 Å². The Labute approximate surface area is 388 Å². The molecule has 0 bridgehead atoms. The molecule has 1 aromatic heterocycles. The van der Waals surface area contributed by atoms with Gasteiger partial charge in [-0.25, -0.2) is 15.0 Å². The maximum Gasteiger partial charge on any atom is 0.178 e. The second-order valence-electron chi connectivity index (χ2n) is 17.0. The average Bonchev–Trinajstić information content (AvgIpc) is 3.72. The van der Waals surface area contributed by atoms with Gasteiger partial charge < -0.3 is 9.47 Å². The lowest BCUT2D eigenvalue weighted by Gasteiger charge is -2.34. The summed E-state index contributed by atoms with van der Waals surface area (Å²) in [6.45, 7) is 0. The Bertz CT molecular complexity index is 3630. The summed E-state index contributed by atoms with van der Waals surface area (Å²) >= 11 is 0. The summed E-state index contributed by atoms with van der Waals surface area (Å²) in [5.41, 5.74) is 13.5. The molecule has 2 aliphatic rings. The molecule has 5 nitrogen and oxygen atoms in total. The van der Waals surface area contributed by atoms with Gasteiger partial charge in [0.25, 0.3) is 0 Å². The van der Waals surface area contributed by atoms with E-state index in [2.05, 4.69) is 194 Å². The molecule has 11 aromatic rings. The molecule has 0 radical (unpaired) electrons. The first-order chi connectivity index (χ1) is 33.2. The van der Waals surface area contributed by atoms with Crippen LogP contribution in [-0.2, 0) is 5.41 Å². The number of fused-ring (bicyclic) bond motifs is 7. The van der Waals surface area contributed by atoms with E-state index in [1.807, 2.05) is 42.5 Å². The van der Waals surface area contributed by atoms with E-state index in [9.17, 15) is 0 Å². The molecule has 67 heavy (non-hydrogen) atoms. The van der Waals surface area contributed by atoms with E-state index >= 15 is 0 Å². The fraction of sp³-hybridized carbons (Fsp3) is 0.0161. The minimum Gasteiger partial charge on any atom is -0.449 e. The first-order valence-corrected chi connectivity index (χ1v) is 22.6. The molecule has 0 atom stereocenters. The van der Waals surface area contributed by atoms with Gasteiger partial charge in [-0.3, -0.25) is 0 Å². The van der Waals surface area contributed by atoms with Gasteiger partial charge in [0, 0.05) is 22.3 Å². The van der Waals surface area contributed by atoms with E-state index in [0.717, 1.165) is 66.6 Å². The summed E-state index contributed by atoms with van der Waals surface area (Å²) in [5, 5.41) is 2.22. The monoisotopic (exact) mass is 857 g/mol. The number of ether oxygens (including phenoxy) is 2. The first-order valence-electron chi connectivity index (χ1n) is 22.6. The topological polar surface area (TPSA) is 57.1 Å². The van der Waals surface area contributed by atoms with Gasteiger partial charge in [0.05, 0.1) is 5.41 Å². The smallest absolute Gasteiger partial charge is 0.178 e. The predicted octanol–water partition coefficient (Wildman–Crippen LogP) is 15.6. The third-order valence-corrected chi connectivity index (χ3v) is 13.3. The molecule has 314 valence electrons. The van der Waals surface area contributed by atoms with E-state index in [-0.39, 0.29) is 0 Å². The van der Waals surface area contributed by atoms with E-state index in [4.69, 9.17) is 24.4 Å². The summed E-state index contributed by atoms with van der Waals surface area (Å²) in [6, 6.07) is 82.6. The lowest BCUT2D eigenvalue weighted by atomic mass is 9.68. The zero-order valence-electron chi connectivity index (χ0n) is 36.2. The quantitative estimate of drug-likeness (QED) is 0.160. The van der Waals surface area contributed by atoms with Crippen molar-refractivity contribution < 1.29 is 9.47 Å². The third kappa shape index (κ3) is 6.28. The number of hydrogen-bond donors (Lipinski definition) is 0. The van der Waals surface area contributed by atoms with Crippen LogP contribution in [0.2, 0.25) is 0 Å². The maximum absolute atomic E-state index is 7.02. The van der Waals surface area contributed by atoms with Gasteiger partial charge in [-0.05, 0) is 85.1 Å². The van der Waals surface area contributed by atoms with Crippen LogP contribution in [0.1, 0.15) is 22.3 Å². The molecule has 0 saturated heterocycles. The van der Waals surface area contributed by atoms with Crippen LogP contribution in [0.3, 0.4) is 0 Å². The summed E-state index contributed by atoms with van der Waals surface area (Å²) in [4.78, 5) is 15.3. The van der Waals surface area contributed by atoms with Crippen molar-refractivity contribution in [1.29, 1.82) is 0 Å². The summed E-state index contributed by atoms with van der Waals surface area (Å²) < 4.78 is 13.7. The molecule has 1 aliphatic heterocycles. The molecule has 0 unspecified atom stereocenters. The zero-order chi connectivity index (χ0) is 44.3. The van der Waals surface area contributed by atoms with Crippen LogP contribution in [0.5, 0.6) is 23.0 Å². The largest absolute Gasteiger partial charge is 0.449 e. The molecule has 0 N–H and O–H groups in total. The Morgan fingerprint density at radius 1 is 0.299 bits per heavy atom. The minimum absolute atomic E-state index is 0.543. The highest BCUT2D eigenvalue weighted by Crippen LogP contribution is 2.62. The van der Waals surface area contributed by atoms with Crippen molar-refractivity contribution in [2.45, 2.75) is 5.41 Å². The summed E-state index contributed by atoms with van der Waals surface area (Å²) in [7, 11) is 0. The van der Waals surface area contributed by atoms with Crippen molar-refractivity contribution in [1.82, 2.24) is 15.0 Å². The third-order valence-electron chi connectivity index (χ3n) is 13.3. The standard InChI is InChI=1S/C62H39N3O2/c1-5-17-41(18-6-1)47-34-35-50(49-26-14-13-25-48(47)49)61-64-59(42-19-7-2-8-20-42)63-60(65-61)43-31-29-40(30-32-43)44-33-37-54-56(39-44)67-58-55(66-54)38-36-53-57(58)51-27-15-16-28-52(51)62(53,45-21-9-3-10-22-45)46-23-11-4-12-24-46/h1-39H. The van der Waals surface area contributed by atoms with E-state index in [1.165, 1.54) is 22.3 Å². The lowest BCUT2D eigenvalue weighted by Crippen LogP contribution is -2.28. The molecule has 2 heterocycles. The molecule has 0 saturated carbocycles. The fourth-order valence-electron chi connectivity index (χ4n) is 10.3. The Kier molecular flexibility index (Phi) is 9.00. The van der Waals surface area contributed by atoms with Crippen molar-refractivity contribution in [3.8, 4) is 90.5 Å². The molecule has 0 spiro atoms. The first kappa shape index (κ1) is 38.5. The van der Waals surface area contributed by atoms with Crippen LogP contribution in [0.25, 0.3) is 78.3 Å². The summed E-state index contributed by atoms with van der Waals surface area (Å²) in [6.07, 6.45) is 0. The Morgan fingerprint density at radius 2 is 0.806 bits per heavy atom. The summed E-state index contributed by atoms with van der Waals surface area (Å²) in [5.74, 6) is 4.59. The van der Waals surface area contributed by atoms with Gasteiger partial charge in [0.15, 0.2) is 40.5 Å². The highest BCUT2D eigenvalue weighted by Gasteiger charge is 2.48. The van der Waals surface area contributed by atoms with Crippen LogP contribution < -0.4 is 9.47 Å². The van der Waals surface area contributed by atoms with Crippen molar-refractivity contribution in [2.24, 2.45) is 0 Å². The van der Waals surface area contributed by atoms with Crippen LogP contribution in [0.15, 0.2) is 237 Å².